The first-order chi connectivity index (χ1) is 12.7. The Morgan fingerprint density at radius 3 is 2.62 bits per heavy atom. The minimum absolute atomic E-state index is 0.0343. The number of hydrogen-bond donors (Lipinski definition) is 1. The molecule has 1 saturated carbocycles. The van der Waals surface area contributed by atoms with E-state index < -0.39 is 0 Å². The molecule has 0 saturated heterocycles. The van der Waals surface area contributed by atoms with Gasteiger partial charge >= 0.3 is 0 Å². The van der Waals surface area contributed by atoms with Crippen LogP contribution in [0.1, 0.15) is 43.2 Å². The quantitative estimate of drug-likeness (QED) is 0.786. The van der Waals surface area contributed by atoms with E-state index in [0.29, 0.717) is 25.5 Å². The fourth-order valence-electron chi connectivity index (χ4n) is 3.20. The number of hydrogen-bond acceptors (Lipinski definition) is 4. The molecule has 0 unspecified atom stereocenters. The maximum Gasteiger partial charge on any atom is 0.220 e. The van der Waals surface area contributed by atoms with E-state index in [1.165, 1.54) is 12.8 Å². The number of ether oxygens (including phenoxy) is 2. The molecule has 0 radical (unpaired) electrons. The average molecular weight is 354 g/mol. The van der Waals surface area contributed by atoms with Crippen LogP contribution in [0.15, 0.2) is 42.7 Å². The SMILES string of the molecule is COc1cc(CNC(=O)CCc2ccncc2)ccc1OC1CCCC1. The van der Waals surface area contributed by atoms with Crippen molar-refractivity contribution >= 4 is 5.91 Å². The molecule has 0 aliphatic heterocycles. The van der Waals surface area contributed by atoms with E-state index in [9.17, 15) is 4.79 Å². The maximum absolute atomic E-state index is 12.1. The van der Waals surface area contributed by atoms with Crippen molar-refractivity contribution < 1.29 is 14.3 Å². The molecule has 1 aromatic carbocycles. The molecule has 5 heteroatoms. The van der Waals surface area contributed by atoms with E-state index in [-0.39, 0.29) is 5.91 Å². The number of aromatic nitrogens is 1. The van der Waals surface area contributed by atoms with Crippen LogP contribution in [0.2, 0.25) is 0 Å². The first-order valence-electron chi connectivity index (χ1n) is 9.24. The second-order valence-corrected chi connectivity index (χ2v) is 6.64. The zero-order valence-electron chi connectivity index (χ0n) is 15.2. The van der Waals surface area contributed by atoms with Crippen molar-refractivity contribution in [3.8, 4) is 11.5 Å². The standard InChI is InChI=1S/C21H26N2O3/c1-25-20-14-17(6-8-19(20)26-18-4-2-3-5-18)15-23-21(24)9-7-16-10-12-22-13-11-16/h6,8,10-14,18H,2-5,7,9,15H2,1H3,(H,23,24). The first-order valence-corrected chi connectivity index (χ1v) is 9.24. The van der Waals surface area contributed by atoms with Crippen LogP contribution in [0.5, 0.6) is 11.5 Å². The summed E-state index contributed by atoms with van der Waals surface area (Å²) in [5.74, 6) is 1.54. The topological polar surface area (TPSA) is 60.5 Å². The number of benzene rings is 1. The maximum atomic E-state index is 12.1. The highest BCUT2D eigenvalue weighted by atomic mass is 16.5. The molecule has 0 atom stereocenters. The Labute approximate surface area is 154 Å². The number of aryl methyl sites for hydroxylation is 1. The molecular weight excluding hydrogens is 328 g/mol. The zero-order valence-corrected chi connectivity index (χ0v) is 15.2. The first kappa shape index (κ1) is 18.2. The summed E-state index contributed by atoms with van der Waals surface area (Å²) < 4.78 is 11.5. The molecule has 1 aliphatic carbocycles. The zero-order chi connectivity index (χ0) is 18.2. The molecule has 1 amide bonds. The van der Waals surface area contributed by atoms with Crippen molar-refractivity contribution in [1.82, 2.24) is 10.3 Å². The van der Waals surface area contributed by atoms with Gasteiger partial charge in [-0.15, -0.1) is 0 Å². The lowest BCUT2D eigenvalue weighted by molar-refractivity contribution is -0.121. The van der Waals surface area contributed by atoms with Gasteiger partial charge in [0.05, 0.1) is 13.2 Å². The highest BCUT2D eigenvalue weighted by molar-refractivity contribution is 5.76. The van der Waals surface area contributed by atoms with E-state index in [4.69, 9.17) is 9.47 Å². The van der Waals surface area contributed by atoms with Crippen LogP contribution in [0.25, 0.3) is 0 Å². The number of methoxy groups -OCH3 is 1. The lowest BCUT2D eigenvalue weighted by atomic mass is 10.1. The molecule has 1 N–H and O–H groups in total. The predicted molar refractivity (Wildman–Crippen MR) is 100 cm³/mol. The summed E-state index contributed by atoms with van der Waals surface area (Å²) in [4.78, 5) is 16.0. The summed E-state index contributed by atoms with van der Waals surface area (Å²) in [6.45, 7) is 0.481. The van der Waals surface area contributed by atoms with E-state index in [2.05, 4.69) is 10.3 Å². The van der Waals surface area contributed by atoms with Crippen molar-refractivity contribution in [3.63, 3.8) is 0 Å². The van der Waals surface area contributed by atoms with Gasteiger partial charge in [-0.2, -0.15) is 0 Å². The fraction of sp³-hybridized carbons (Fsp3) is 0.429. The van der Waals surface area contributed by atoms with Gasteiger partial charge < -0.3 is 14.8 Å². The summed E-state index contributed by atoms with van der Waals surface area (Å²) in [5.41, 5.74) is 2.11. The number of carbonyl (C=O) groups is 1. The second-order valence-electron chi connectivity index (χ2n) is 6.64. The molecule has 3 rings (SSSR count). The summed E-state index contributed by atoms with van der Waals surface area (Å²) in [7, 11) is 1.65. The van der Waals surface area contributed by atoms with Crippen molar-refractivity contribution in [2.75, 3.05) is 7.11 Å². The van der Waals surface area contributed by atoms with Crippen LogP contribution >= 0.6 is 0 Å². The van der Waals surface area contributed by atoms with Crippen molar-refractivity contribution in [3.05, 3.63) is 53.9 Å². The number of carbonyl (C=O) groups excluding carboxylic acids is 1. The van der Waals surface area contributed by atoms with Crippen LogP contribution in [0, 0.1) is 0 Å². The summed E-state index contributed by atoms with van der Waals surface area (Å²) in [6, 6.07) is 9.72. The van der Waals surface area contributed by atoms with E-state index in [1.54, 1.807) is 19.5 Å². The molecule has 138 valence electrons. The number of pyridine rings is 1. The Bertz CT molecular complexity index is 712. The molecule has 2 aromatic rings. The van der Waals surface area contributed by atoms with Gasteiger partial charge in [-0.3, -0.25) is 9.78 Å². The normalized spacial score (nSPS) is 14.2. The van der Waals surface area contributed by atoms with Crippen LogP contribution in [0.4, 0.5) is 0 Å². The van der Waals surface area contributed by atoms with E-state index >= 15 is 0 Å². The molecular formula is C21H26N2O3. The van der Waals surface area contributed by atoms with Gasteiger partial charge in [0.1, 0.15) is 0 Å². The minimum atomic E-state index is 0.0343. The van der Waals surface area contributed by atoms with Crippen molar-refractivity contribution in [2.45, 2.75) is 51.2 Å². The third kappa shape index (κ3) is 5.22. The third-order valence-electron chi connectivity index (χ3n) is 4.70. The lowest BCUT2D eigenvalue weighted by Crippen LogP contribution is -2.23. The molecule has 0 bridgehead atoms. The lowest BCUT2D eigenvalue weighted by Gasteiger charge is -2.16. The third-order valence-corrected chi connectivity index (χ3v) is 4.70. The van der Waals surface area contributed by atoms with Gasteiger partial charge in [0.2, 0.25) is 5.91 Å². The Hall–Kier alpha value is -2.56. The van der Waals surface area contributed by atoms with Crippen LogP contribution in [0.3, 0.4) is 0 Å². The van der Waals surface area contributed by atoms with Crippen molar-refractivity contribution in [1.29, 1.82) is 0 Å². The van der Waals surface area contributed by atoms with E-state index in [0.717, 1.165) is 35.5 Å². The highest BCUT2D eigenvalue weighted by Crippen LogP contribution is 2.32. The fourth-order valence-corrected chi connectivity index (χ4v) is 3.20. The number of rotatable bonds is 8. The van der Waals surface area contributed by atoms with Gasteiger partial charge in [0, 0.05) is 25.4 Å². The minimum Gasteiger partial charge on any atom is -0.493 e. The Balaban J connectivity index is 1.50. The van der Waals surface area contributed by atoms with Crippen LogP contribution in [-0.4, -0.2) is 24.1 Å². The number of nitrogens with zero attached hydrogens (tertiary/aromatic N) is 1. The van der Waals surface area contributed by atoms with E-state index in [1.807, 2.05) is 30.3 Å². The smallest absolute Gasteiger partial charge is 0.220 e. The molecule has 5 nitrogen and oxygen atoms in total. The molecule has 0 spiro atoms. The number of amides is 1. The van der Waals surface area contributed by atoms with Crippen LogP contribution < -0.4 is 14.8 Å². The summed E-state index contributed by atoms with van der Waals surface area (Å²) >= 11 is 0. The van der Waals surface area contributed by atoms with Gasteiger partial charge in [0.25, 0.3) is 0 Å². The summed E-state index contributed by atoms with van der Waals surface area (Å²) in [5, 5.41) is 2.96. The Kier molecular flexibility index (Phi) is 6.47. The van der Waals surface area contributed by atoms with Crippen LogP contribution in [-0.2, 0) is 17.8 Å². The average Bonchev–Trinajstić information content (AvgIpc) is 3.19. The number of nitrogens with one attached hydrogen (secondary N) is 1. The molecule has 1 heterocycles. The molecule has 26 heavy (non-hydrogen) atoms. The highest BCUT2D eigenvalue weighted by Gasteiger charge is 2.18. The van der Waals surface area contributed by atoms with Gasteiger partial charge in [0.15, 0.2) is 11.5 Å². The Morgan fingerprint density at radius 2 is 1.88 bits per heavy atom. The monoisotopic (exact) mass is 354 g/mol. The molecule has 1 aromatic heterocycles. The summed E-state index contributed by atoms with van der Waals surface area (Å²) in [6.07, 6.45) is 9.64. The molecule has 1 aliphatic rings. The largest absolute Gasteiger partial charge is 0.493 e. The van der Waals surface area contributed by atoms with Crippen molar-refractivity contribution in [2.24, 2.45) is 0 Å². The van der Waals surface area contributed by atoms with Gasteiger partial charge in [-0.1, -0.05) is 6.07 Å². The van der Waals surface area contributed by atoms with Gasteiger partial charge in [-0.05, 0) is 67.5 Å². The predicted octanol–water partition coefficient (Wildman–Crippen LogP) is 3.66. The Morgan fingerprint density at radius 1 is 1.12 bits per heavy atom. The molecule has 1 fully saturated rings. The second kappa shape index (κ2) is 9.22. The van der Waals surface area contributed by atoms with Gasteiger partial charge in [-0.25, -0.2) is 0 Å².